The van der Waals surface area contributed by atoms with Crippen LogP contribution in [0.15, 0.2) is 36.4 Å². The zero-order valence-electron chi connectivity index (χ0n) is 8.77. The summed E-state index contributed by atoms with van der Waals surface area (Å²) in [5.74, 6) is -0.391. The first-order valence-electron chi connectivity index (χ1n) is 4.93. The third kappa shape index (κ3) is 3.85. The summed E-state index contributed by atoms with van der Waals surface area (Å²) in [6.45, 7) is 2.37. The van der Waals surface area contributed by atoms with E-state index < -0.39 is 5.97 Å². The maximum Gasteiger partial charge on any atom is 0.332 e. The maximum absolute atomic E-state index is 11.2. The van der Waals surface area contributed by atoms with Gasteiger partial charge in [-0.3, -0.25) is 0 Å². The molecule has 0 saturated heterocycles. The van der Waals surface area contributed by atoms with Gasteiger partial charge in [0.05, 0.1) is 6.61 Å². The average Bonchev–Trinajstić information content (AvgIpc) is 2.27. The number of rotatable bonds is 4. The SMILES string of the molecule is CCCOC(=O)C=C(N)c1ccccc1. The molecule has 0 radical (unpaired) electrons. The lowest BCUT2D eigenvalue weighted by atomic mass is 10.1. The summed E-state index contributed by atoms with van der Waals surface area (Å²) < 4.78 is 4.89. The van der Waals surface area contributed by atoms with Crippen molar-refractivity contribution >= 4 is 11.7 Å². The molecule has 0 saturated carbocycles. The van der Waals surface area contributed by atoms with Crippen molar-refractivity contribution in [3.63, 3.8) is 0 Å². The van der Waals surface area contributed by atoms with Crippen LogP contribution in [0, 0.1) is 0 Å². The van der Waals surface area contributed by atoms with Gasteiger partial charge in [-0.1, -0.05) is 37.3 Å². The molecule has 0 atom stereocenters. The van der Waals surface area contributed by atoms with E-state index in [-0.39, 0.29) is 0 Å². The quantitative estimate of drug-likeness (QED) is 0.603. The Balaban J connectivity index is 2.64. The molecule has 0 aliphatic carbocycles. The molecule has 1 rings (SSSR count). The minimum atomic E-state index is -0.391. The largest absolute Gasteiger partial charge is 0.462 e. The average molecular weight is 205 g/mol. The van der Waals surface area contributed by atoms with E-state index in [1.807, 2.05) is 37.3 Å². The van der Waals surface area contributed by atoms with E-state index >= 15 is 0 Å². The highest BCUT2D eigenvalue weighted by molar-refractivity contribution is 5.90. The fourth-order valence-corrected chi connectivity index (χ4v) is 1.09. The molecule has 15 heavy (non-hydrogen) atoms. The number of esters is 1. The molecule has 1 aromatic carbocycles. The molecule has 0 amide bonds. The van der Waals surface area contributed by atoms with Crippen LogP contribution in [0.2, 0.25) is 0 Å². The summed E-state index contributed by atoms with van der Waals surface area (Å²) in [5, 5.41) is 0. The van der Waals surface area contributed by atoms with Crippen molar-refractivity contribution < 1.29 is 9.53 Å². The summed E-state index contributed by atoms with van der Waals surface area (Å²) in [5.41, 5.74) is 6.98. The van der Waals surface area contributed by atoms with Crippen molar-refractivity contribution in [1.29, 1.82) is 0 Å². The number of benzene rings is 1. The zero-order valence-corrected chi connectivity index (χ0v) is 8.77. The minimum Gasteiger partial charge on any atom is -0.462 e. The van der Waals surface area contributed by atoms with Gasteiger partial charge in [-0.25, -0.2) is 4.79 Å². The lowest BCUT2D eigenvalue weighted by Gasteiger charge is -2.02. The van der Waals surface area contributed by atoms with Crippen LogP contribution in [-0.4, -0.2) is 12.6 Å². The van der Waals surface area contributed by atoms with Crippen molar-refractivity contribution in [2.45, 2.75) is 13.3 Å². The third-order valence-electron chi connectivity index (χ3n) is 1.83. The van der Waals surface area contributed by atoms with Gasteiger partial charge in [0, 0.05) is 11.8 Å². The molecule has 3 heteroatoms. The topological polar surface area (TPSA) is 52.3 Å². The number of nitrogens with two attached hydrogens (primary N) is 1. The zero-order chi connectivity index (χ0) is 11.1. The van der Waals surface area contributed by atoms with E-state index in [0.717, 1.165) is 12.0 Å². The van der Waals surface area contributed by atoms with Crippen molar-refractivity contribution in [2.24, 2.45) is 5.73 Å². The predicted octanol–water partition coefficient (Wildman–Crippen LogP) is 1.94. The Morgan fingerprint density at radius 1 is 1.40 bits per heavy atom. The molecule has 0 bridgehead atoms. The number of ether oxygens (including phenoxy) is 1. The number of hydrogen-bond acceptors (Lipinski definition) is 3. The van der Waals surface area contributed by atoms with E-state index in [4.69, 9.17) is 10.5 Å². The van der Waals surface area contributed by atoms with Crippen LogP contribution >= 0.6 is 0 Å². The van der Waals surface area contributed by atoms with Gasteiger partial charge in [-0.2, -0.15) is 0 Å². The first kappa shape index (κ1) is 11.3. The molecule has 0 spiro atoms. The molecule has 80 valence electrons. The second-order valence-electron chi connectivity index (χ2n) is 3.13. The van der Waals surface area contributed by atoms with E-state index in [0.29, 0.717) is 12.3 Å². The lowest BCUT2D eigenvalue weighted by Crippen LogP contribution is -2.05. The van der Waals surface area contributed by atoms with Crippen LogP contribution in [0.5, 0.6) is 0 Å². The van der Waals surface area contributed by atoms with Gasteiger partial charge < -0.3 is 10.5 Å². The highest BCUT2D eigenvalue weighted by atomic mass is 16.5. The third-order valence-corrected chi connectivity index (χ3v) is 1.83. The van der Waals surface area contributed by atoms with E-state index in [1.165, 1.54) is 6.08 Å². The minimum absolute atomic E-state index is 0.391. The van der Waals surface area contributed by atoms with Crippen molar-refractivity contribution in [1.82, 2.24) is 0 Å². The number of carbonyl (C=O) groups excluding carboxylic acids is 1. The molecular weight excluding hydrogens is 190 g/mol. The summed E-state index contributed by atoms with van der Waals surface area (Å²) in [7, 11) is 0. The van der Waals surface area contributed by atoms with Gasteiger partial charge in [-0.05, 0) is 12.0 Å². The van der Waals surface area contributed by atoms with E-state index in [9.17, 15) is 4.79 Å². The normalized spacial score (nSPS) is 11.1. The number of hydrogen-bond donors (Lipinski definition) is 1. The molecule has 0 aliphatic heterocycles. The Bertz CT molecular complexity index is 344. The molecular formula is C12H15NO2. The summed E-state index contributed by atoms with van der Waals surface area (Å²) >= 11 is 0. The summed E-state index contributed by atoms with van der Waals surface area (Å²) in [6.07, 6.45) is 2.12. The summed E-state index contributed by atoms with van der Waals surface area (Å²) in [4.78, 5) is 11.2. The van der Waals surface area contributed by atoms with Crippen LogP contribution in [0.3, 0.4) is 0 Å². The first-order chi connectivity index (χ1) is 7.24. The van der Waals surface area contributed by atoms with Gasteiger partial charge in [0.2, 0.25) is 0 Å². The molecule has 3 nitrogen and oxygen atoms in total. The molecule has 0 fully saturated rings. The van der Waals surface area contributed by atoms with Crippen LogP contribution in [-0.2, 0) is 9.53 Å². The van der Waals surface area contributed by atoms with Gasteiger partial charge in [0.15, 0.2) is 0 Å². The Labute approximate surface area is 89.5 Å². The molecule has 1 aromatic rings. The second kappa shape index (κ2) is 5.86. The summed E-state index contributed by atoms with van der Waals surface area (Å²) in [6, 6.07) is 9.32. The lowest BCUT2D eigenvalue weighted by molar-refractivity contribution is -0.137. The number of carbonyl (C=O) groups is 1. The maximum atomic E-state index is 11.2. The van der Waals surface area contributed by atoms with Crippen LogP contribution in [0.4, 0.5) is 0 Å². The standard InChI is InChI=1S/C12H15NO2/c1-2-8-15-12(14)9-11(13)10-6-4-3-5-7-10/h3-7,9H,2,8,13H2,1H3. The molecule has 0 heterocycles. The van der Waals surface area contributed by atoms with Gasteiger partial charge >= 0.3 is 5.97 Å². The van der Waals surface area contributed by atoms with Crippen LogP contribution in [0.1, 0.15) is 18.9 Å². The van der Waals surface area contributed by atoms with Crippen LogP contribution in [0.25, 0.3) is 5.70 Å². The first-order valence-corrected chi connectivity index (χ1v) is 4.93. The fraction of sp³-hybridized carbons (Fsp3) is 0.250. The van der Waals surface area contributed by atoms with Gasteiger partial charge in [0.25, 0.3) is 0 Å². The second-order valence-corrected chi connectivity index (χ2v) is 3.13. The van der Waals surface area contributed by atoms with Crippen molar-refractivity contribution in [3.05, 3.63) is 42.0 Å². The van der Waals surface area contributed by atoms with Crippen molar-refractivity contribution in [3.8, 4) is 0 Å². The monoisotopic (exact) mass is 205 g/mol. The highest BCUT2D eigenvalue weighted by Crippen LogP contribution is 2.07. The Morgan fingerprint density at radius 3 is 2.67 bits per heavy atom. The van der Waals surface area contributed by atoms with Gasteiger partial charge in [0.1, 0.15) is 0 Å². The molecule has 0 unspecified atom stereocenters. The van der Waals surface area contributed by atoms with E-state index in [1.54, 1.807) is 0 Å². The van der Waals surface area contributed by atoms with Crippen molar-refractivity contribution in [2.75, 3.05) is 6.61 Å². The fourth-order valence-electron chi connectivity index (χ4n) is 1.09. The molecule has 0 aliphatic rings. The smallest absolute Gasteiger partial charge is 0.332 e. The Hall–Kier alpha value is -1.77. The van der Waals surface area contributed by atoms with Crippen LogP contribution < -0.4 is 5.73 Å². The Morgan fingerprint density at radius 2 is 2.07 bits per heavy atom. The predicted molar refractivity (Wildman–Crippen MR) is 59.9 cm³/mol. The molecule has 2 N–H and O–H groups in total. The van der Waals surface area contributed by atoms with Gasteiger partial charge in [-0.15, -0.1) is 0 Å². The van der Waals surface area contributed by atoms with E-state index in [2.05, 4.69) is 0 Å². The Kier molecular flexibility index (Phi) is 4.41. The molecule has 0 aromatic heterocycles. The highest BCUT2D eigenvalue weighted by Gasteiger charge is 2.00.